The number of anilines is 1. The summed E-state index contributed by atoms with van der Waals surface area (Å²) in [6.07, 6.45) is 2.67. The van der Waals surface area contributed by atoms with Gasteiger partial charge in [0.15, 0.2) is 5.96 Å². The zero-order valence-corrected chi connectivity index (χ0v) is 16.9. The predicted octanol–water partition coefficient (Wildman–Crippen LogP) is 3.68. The van der Waals surface area contributed by atoms with Crippen LogP contribution in [-0.2, 0) is 16.0 Å². The van der Waals surface area contributed by atoms with E-state index in [0.717, 1.165) is 30.2 Å². The second kappa shape index (κ2) is 12.8. The molecule has 7 heteroatoms. The van der Waals surface area contributed by atoms with Gasteiger partial charge in [0.1, 0.15) is 18.1 Å². The summed E-state index contributed by atoms with van der Waals surface area (Å²) in [5, 5.41) is 6.64. The number of rotatable bonds is 12. The van der Waals surface area contributed by atoms with Gasteiger partial charge in [0.25, 0.3) is 0 Å². The van der Waals surface area contributed by atoms with Gasteiger partial charge in [-0.3, -0.25) is 0 Å². The maximum absolute atomic E-state index is 5.68. The molecular formula is C21H31N3O4. The Morgan fingerprint density at radius 2 is 1.93 bits per heavy atom. The lowest BCUT2D eigenvalue weighted by Crippen LogP contribution is -2.32. The number of hydrogen-bond donors (Lipinski definition) is 2. The third kappa shape index (κ3) is 8.92. The van der Waals surface area contributed by atoms with Crippen molar-refractivity contribution in [1.29, 1.82) is 0 Å². The van der Waals surface area contributed by atoms with E-state index in [1.54, 1.807) is 13.4 Å². The number of furan rings is 1. The lowest BCUT2D eigenvalue weighted by atomic mass is 10.3. The number of hydrogen-bond acceptors (Lipinski definition) is 5. The number of nitrogens with zero attached hydrogens (tertiary/aromatic N) is 1. The van der Waals surface area contributed by atoms with E-state index in [2.05, 4.69) is 15.6 Å². The van der Waals surface area contributed by atoms with Gasteiger partial charge in [-0.25, -0.2) is 4.99 Å². The molecule has 1 aromatic carbocycles. The van der Waals surface area contributed by atoms with Crippen molar-refractivity contribution >= 4 is 11.6 Å². The molecule has 0 fully saturated rings. The molecule has 2 rings (SSSR count). The summed E-state index contributed by atoms with van der Waals surface area (Å²) in [6.45, 7) is 7.11. The molecule has 7 nitrogen and oxygen atoms in total. The molecule has 2 aromatic rings. The molecule has 0 spiro atoms. The molecule has 0 saturated carbocycles. The van der Waals surface area contributed by atoms with Crippen LogP contribution in [0.4, 0.5) is 5.69 Å². The lowest BCUT2D eigenvalue weighted by Gasteiger charge is -2.14. The molecule has 0 saturated heterocycles. The van der Waals surface area contributed by atoms with Crippen LogP contribution in [0, 0.1) is 0 Å². The first kappa shape index (κ1) is 21.8. The monoisotopic (exact) mass is 389 g/mol. The molecule has 0 aliphatic heterocycles. The summed E-state index contributed by atoms with van der Waals surface area (Å²) in [5.41, 5.74) is 0.929. The number of aliphatic imine (C=N–C) groups is 1. The molecule has 0 aliphatic rings. The fraction of sp³-hybridized carbons (Fsp3) is 0.476. The molecule has 0 bridgehead atoms. The molecule has 1 aromatic heterocycles. The van der Waals surface area contributed by atoms with Crippen molar-refractivity contribution < 1.29 is 18.6 Å². The standard InChI is InChI=1S/C21H31N3O4/c1-17(2)28-19-9-7-18(8-10-19)24-21(23-16-20-6-4-13-27-20)22-11-5-12-26-15-14-25-3/h4,6-10,13,17H,5,11-12,14-16H2,1-3H3,(H2,22,23,24). The summed E-state index contributed by atoms with van der Waals surface area (Å²) in [7, 11) is 1.67. The van der Waals surface area contributed by atoms with E-state index >= 15 is 0 Å². The maximum Gasteiger partial charge on any atom is 0.196 e. The molecule has 154 valence electrons. The quantitative estimate of drug-likeness (QED) is 0.328. The highest BCUT2D eigenvalue weighted by Crippen LogP contribution is 2.17. The van der Waals surface area contributed by atoms with Gasteiger partial charge in [0.2, 0.25) is 0 Å². The van der Waals surface area contributed by atoms with Gasteiger partial charge in [-0.15, -0.1) is 0 Å². The Morgan fingerprint density at radius 3 is 2.61 bits per heavy atom. The highest BCUT2D eigenvalue weighted by molar-refractivity contribution is 5.93. The molecule has 0 amide bonds. The fourth-order valence-corrected chi connectivity index (χ4v) is 2.35. The van der Waals surface area contributed by atoms with E-state index < -0.39 is 0 Å². The Kier molecular flexibility index (Phi) is 9.96. The van der Waals surface area contributed by atoms with E-state index in [1.807, 2.05) is 50.2 Å². The second-order valence-corrected chi connectivity index (χ2v) is 6.45. The van der Waals surface area contributed by atoms with Gasteiger partial charge in [0.05, 0.1) is 25.6 Å². The number of ether oxygens (including phenoxy) is 3. The van der Waals surface area contributed by atoms with Gasteiger partial charge in [-0.05, 0) is 56.7 Å². The van der Waals surface area contributed by atoms with Gasteiger partial charge in [-0.1, -0.05) is 0 Å². The van der Waals surface area contributed by atoms with Crippen molar-refractivity contribution in [2.24, 2.45) is 4.99 Å². The Labute approximate surface area is 167 Å². The fourth-order valence-electron chi connectivity index (χ4n) is 2.35. The van der Waals surface area contributed by atoms with Crippen LogP contribution in [0.5, 0.6) is 5.75 Å². The van der Waals surface area contributed by atoms with Crippen molar-refractivity contribution in [3.8, 4) is 5.75 Å². The Morgan fingerprint density at radius 1 is 1.11 bits per heavy atom. The van der Waals surface area contributed by atoms with E-state index in [4.69, 9.17) is 18.6 Å². The number of benzene rings is 1. The maximum atomic E-state index is 5.68. The minimum absolute atomic E-state index is 0.150. The predicted molar refractivity (Wildman–Crippen MR) is 111 cm³/mol. The van der Waals surface area contributed by atoms with E-state index in [1.165, 1.54) is 0 Å². The van der Waals surface area contributed by atoms with Crippen LogP contribution in [0.25, 0.3) is 0 Å². The highest BCUT2D eigenvalue weighted by Gasteiger charge is 2.03. The van der Waals surface area contributed by atoms with E-state index in [0.29, 0.717) is 32.3 Å². The van der Waals surface area contributed by atoms with Gasteiger partial charge in [-0.2, -0.15) is 0 Å². The number of guanidine groups is 1. The third-order valence-corrected chi connectivity index (χ3v) is 3.65. The Balaban J connectivity index is 1.87. The van der Waals surface area contributed by atoms with Crippen LogP contribution in [0.3, 0.4) is 0 Å². The smallest absolute Gasteiger partial charge is 0.196 e. The first-order chi connectivity index (χ1) is 13.7. The summed E-state index contributed by atoms with van der Waals surface area (Å²) in [4.78, 5) is 4.59. The first-order valence-corrected chi connectivity index (χ1v) is 9.58. The molecule has 1 heterocycles. The van der Waals surface area contributed by atoms with Crippen LogP contribution in [0.15, 0.2) is 52.1 Å². The molecule has 0 atom stereocenters. The number of methoxy groups -OCH3 is 1. The van der Waals surface area contributed by atoms with Gasteiger partial charge in [0, 0.05) is 25.9 Å². The zero-order valence-electron chi connectivity index (χ0n) is 16.9. The average Bonchev–Trinajstić information content (AvgIpc) is 3.20. The molecule has 28 heavy (non-hydrogen) atoms. The minimum Gasteiger partial charge on any atom is -0.491 e. The van der Waals surface area contributed by atoms with Crippen LogP contribution in [0.2, 0.25) is 0 Å². The minimum atomic E-state index is 0.150. The molecular weight excluding hydrogens is 358 g/mol. The van der Waals surface area contributed by atoms with Gasteiger partial charge < -0.3 is 29.3 Å². The van der Waals surface area contributed by atoms with Crippen LogP contribution in [-0.4, -0.2) is 45.5 Å². The average molecular weight is 389 g/mol. The van der Waals surface area contributed by atoms with Crippen LogP contribution >= 0.6 is 0 Å². The largest absolute Gasteiger partial charge is 0.491 e. The summed E-state index contributed by atoms with van der Waals surface area (Å²) < 4.78 is 21.5. The van der Waals surface area contributed by atoms with Crippen molar-refractivity contribution in [2.75, 3.05) is 38.8 Å². The topological polar surface area (TPSA) is 77.2 Å². The Hall–Kier alpha value is -2.51. The van der Waals surface area contributed by atoms with Gasteiger partial charge >= 0.3 is 0 Å². The lowest BCUT2D eigenvalue weighted by molar-refractivity contribution is 0.0699. The molecule has 0 radical (unpaired) electrons. The van der Waals surface area contributed by atoms with Crippen molar-refractivity contribution in [1.82, 2.24) is 5.32 Å². The Bertz CT molecular complexity index is 669. The highest BCUT2D eigenvalue weighted by atomic mass is 16.5. The normalized spacial score (nSPS) is 11.6. The summed E-state index contributed by atoms with van der Waals surface area (Å²) in [5.74, 6) is 2.34. The van der Waals surface area contributed by atoms with E-state index in [9.17, 15) is 0 Å². The molecule has 2 N–H and O–H groups in total. The SMILES string of the molecule is COCCOCCCNC(=NCc1ccco1)Nc1ccc(OC(C)C)cc1. The molecule has 0 unspecified atom stereocenters. The van der Waals surface area contributed by atoms with Crippen molar-refractivity contribution in [3.05, 3.63) is 48.4 Å². The second-order valence-electron chi connectivity index (χ2n) is 6.45. The number of nitrogens with one attached hydrogen (secondary N) is 2. The van der Waals surface area contributed by atoms with Crippen LogP contribution in [0.1, 0.15) is 26.0 Å². The van der Waals surface area contributed by atoms with Crippen molar-refractivity contribution in [2.45, 2.75) is 32.9 Å². The summed E-state index contributed by atoms with van der Waals surface area (Å²) >= 11 is 0. The first-order valence-electron chi connectivity index (χ1n) is 9.58. The van der Waals surface area contributed by atoms with Crippen molar-refractivity contribution in [3.63, 3.8) is 0 Å². The van der Waals surface area contributed by atoms with Crippen LogP contribution < -0.4 is 15.4 Å². The molecule has 0 aliphatic carbocycles. The summed E-state index contributed by atoms with van der Waals surface area (Å²) in [6, 6.07) is 11.6. The third-order valence-electron chi connectivity index (χ3n) is 3.65. The zero-order chi connectivity index (χ0) is 20.0. The van der Waals surface area contributed by atoms with E-state index in [-0.39, 0.29) is 6.10 Å².